The lowest BCUT2D eigenvalue weighted by Crippen LogP contribution is -2.51. The van der Waals surface area contributed by atoms with Gasteiger partial charge in [-0.2, -0.15) is 0 Å². The van der Waals surface area contributed by atoms with Crippen molar-refractivity contribution in [2.24, 2.45) is 5.92 Å². The van der Waals surface area contributed by atoms with E-state index >= 15 is 0 Å². The molecular formula is C27H37F2N3O2. The van der Waals surface area contributed by atoms with E-state index in [2.05, 4.69) is 24.1 Å². The Morgan fingerprint density at radius 1 is 1.06 bits per heavy atom. The molecule has 1 fully saturated rings. The zero-order chi connectivity index (χ0) is 24.5. The van der Waals surface area contributed by atoms with E-state index in [0.29, 0.717) is 25.6 Å². The number of amides is 2. The number of benzene rings is 2. The second kappa shape index (κ2) is 12.7. The Kier molecular flexibility index (Phi) is 9.69. The highest BCUT2D eigenvalue weighted by Crippen LogP contribution is 2.21. The van der Waals surface area contributed by atoms with Crippen LogP contribution in [0.15, 0.2) is 48.5 Å². The van der Waals surface area contributed by atoms with Gasteiger partial charge in [-0.05, 0) is 61.1 Å². The molecule has 0 spiro atoms. The van der Waals surface area contributed by atoms with Crippen LogP contribution >= 0.6 is 0 Å². The first kappa shape index (κ1) is 25.9. The SMILES string of the molecule is CC(C)COc1ccc(CNC(=O)N(Cc2ccc(F)cc2)C2CCN([C@H](C)CF)CC2)cc1. The number of hydrogen-bond donors (Lipinski definition) is 1. The lowest BCUT2D eigenvalue weighted by molar-refractivity contribution is 0.0888. The van der Waals surface area contributed by atoms with Crippen molar-refractivity contribution in [3.8, 4) is 5.75 Å². The maximum Gasteiger partial charge on any atom is 0.318 e. The van der Waals surface area contributed by atoms with Gasteiger partial charge in [0.15, 0.2) is 0 Å². The number of likely N-dealkylation sites (tertiary alicyclic amines) is 1. The average molecular weight is 474 g/mol. The smallest absolute Gasteiger partial charge is 0.318 e. The van der Waals surface area contributed by atoms with E-state index in [1.54, 1.807) is 12.1 Å². The van der Waals surface area contributed by atoms with Crippen molar-refractivity contribution in [3.05, 3.63) is 65.5 Å². The summed E-state index contributed by atoms with van der Waals surface area (Å²) in [5.41, 5.74) is 1.86. The predicted molar refractivity (Wildman–Crippen MR) is 131 cm³/mol. The third kappa shape index (κ3) is 7.69. The summed E-state index contributed by atoms with van der Waals surface area (Å²) >= 11 is 0. The van der Waals surface area contributed by atoms with E-state index in [0.717, 1.165) is 42.8 Å². The van der Waals surface area contributed by atoms with Gasteiger partial charge in [-0.1, -0.05) is 38.1 Å². The van der Waals surface area contributed by atoms with Gasteiger partial charge in [0.2, 0.25) is 0 Å². The fourth-order valence-corrected chi connectivity index (χ4v) is 4.13. The maximum absolute atomic E-state index is 13.4. The molecule has 0 aromatic heterocycles. The minimum Gasteiger partial charge on any atom is -0.493 e. The summed E-state index contributed by atoms with van der Waals surface area (Å²) in [6.45, 7) is 8.70. The minimum absolute atomic E-state index is 0.0416. The summed E-state index contributed by atoms with van der Waals surface area (Å²) in [4.78, 5) is 17.2. The van der Waals surface area contributed by atoms with E-state index in [4.69, 9.17) is 4.74 Å². The molecule has 1 aliphatic rings. The highest BCUT2D eigenvalue weighted by molar-refractivity contribution is 5.74. The molecule has 1 aliphatic heterocycles. The number of carbonyl (C=O) groups is 1. The molecule has 186 valence electrons. The van der Waals surface area contributed by atoms with Gasteiger partial charge in [0.05, 0.1) is 6.61 Å². The first-order valence-electron chi connectivity index (χ1n) is 12.2. The van der Waals surface area contributed by atoms with Gasteiger partial charge >= 0.3 is 6.03 Å². The molecule has 0 saturated carbocycles. The Labute approximate surface area is 202 Å². The Morgan fingerprint density at radius 3 is 2.26 bits per heavy atom. The minimum atomic E-state index is -0.369. The standard InChI is InChI=1S/C27H37F2N3O2/c1-20(2)19-34-26-10-6-22(7-11-26)17-30-27(33)32(18-23-4-8-24(29)9-5-23)25-12-14-31(15-13-25)21(3)16-28/h4-11,20-21,25H,12-19H2,1-3H3,(H,30,33)/t21-/m1/s1. The molecule has 2 amide bonds. The van der Waals surface area contributed by atoms with Gasteiger partial charge in [-0.25, -0.2) is 13.6 Å². The molecule has 0 bridgehead atoms. The highest BCUT2D eigenvalue weighted by atomic mass is 19.1. The van der Waals surface area contributed by atoms with Gasteiger partial charge in [-0.15, -0.1) is 0 Å². The number of ether oxygens (including phenoxy) is 1. The largest absolute Gasteiger partial charge is 0.493 e. The summed E-state index contributed by atoms with van der Waals surface area (Å²) in [6.07, 6.45) is 1.56. The van der Waals surface area contributed by atoms with Crippen LogP contribution in [-0.4, -0.2) is 54.3 Å². The van der Waals surface area contributed by atoms with Crippen LogP contribution in [0.1, 0.15) is 44.7 Å². The van der Waals surface area contributed by atoms with Crippen molar-refractivity contribution in [1.82, 2.24) is 15.1 Å². The highest BCUT2D eigenvalue weighted by Gasteiger charge is 2.29. The Bertz CT molecular complexity index is 882. The van der Waals surface area contributed by atoms with E-state index in [1.807, 2.05) is 36.1 Å². The van der Waals surface area contributed by atoms with Gasteiger partial charge in [0.1, 0.15) is 18.2 Å². The number of carbonyl (C=O) groups excluding carboxylic acids is 1. The van der Waals surface area contributed by atoms with Gasteiger partial charge in [0.25, 0.3) is 0 Å². The number of piperidine rings is 1. The third-order valence-electron chi connectivity index (χ3n) is 6.26. The van der Waals surface area contributed by atoms with Crippen LogP contribution in [0.3, 0.4) is 0 Å². The molecule has 5 nitrogen and oxygen atoms in total. The lowest BCUT2D eigenvalue weighted by Gasteiger charge is -2.40. The van der Waals surface area contributed by atoms with Crippen LogP contribution in [0.25, 0.3) is 0 Å². The van der Waals surface area contributed by atoms with E-state index in [9.17, 15) is 13.6 Å². The molecule has 2 aromatic rings. The number of urea groups is 1. The maximum atomic E-state index is 13.4. The zero-order valence-electron chi connectivity index (χ0n) is 20.5. The Hall–Kier alpha value is -2.67. The predicted octanol–water partition coefficient (Wildman–Crippen LogP) is 5.39. The van der Waals surface area contributed by atoms with E-state index in [-0.39, 0.29) is 30.6 Å². The molecule has 2 aromatic carbocycles. The Morgan fingerprint density at radius 2 is 1.68 bits per heavy atom. The molecule has 1 N–H and O–H groups in total. The number of rotatable bonds is 10. The van der Waals surface area contributed by atoms with Crippen molar-refractivity contribution in [2.45, 2.75) is 58.8 Å². The van der Waals surface area contributed by atoms with Crippen molar-refractivity contribution >= 4 is 6.03 Å². The first-order valence-corrected chi connectivity index (χ1v) is 12.2. The number of nitrogens with zero attached hydrogens (tertiary/aromatic N) is 2. The second-order valence-corrected chi connectivity index (χ2v) is 9.53. The topological polar surface area (TPSA) is 44.8 Å². The van der Waals surface area contributed by atoms with Crippen LogP contribution < -0.4 is 10.1 Å². The molecule has 3 rings (SSSR count). The first-order chi connectivity index (χ1) is 16.4. The zero-order valence-corrected chi connectivity index (χ0v) is 20.5. The summed E-state index contributed by atoms with van der Waals surface area (Å²) in [7, 11) is 0. The number of alkyl halides is 1. The molecule has 1 heterocycles. The summed E-state index contributed by atoms with van der Waals surface area (Å²) in [5.74, 6) is 0.975. The van der Waals surface area contributed by atoms with Crippen LogP contribution in [0.5, 0.6) is 5.75 Å². The van der Waals surface area contributed by atoms with Crippen molar-refractivity contribution < 1.29 is 18.3 Å². The van der Waals surface area contributed by atoms with Crippen LogP contribution in [0.2, 0.25) is 0 Å². The molecule has 0 aliphatic carbocycles. The van der Waals surface area contributed by atoms with Gasteiger partial charge in [-0.3, -0.25) is 4.90 Å². The molecule has 0 unspecified atom stereocenters. The third-order valence-corrected chi connectivity index (χ3v) is 6.26. The Balaban J connectivity index is 1.62. The van der Waals surface area contributed by atoms with E-state index in [1.165, 1.54) is 12.1 Å². The fraction of sp³-hybridized carbons (Fsp3) is 0.519. The molecule has 1 atom stereocenters. The summed E-state index contributed by atoms with van der Waals surface area (Å²) < 4.78 is 32.2. The molecule has 0 radical (unpaired) electrons. The van der Waals surface area contributed by atoms with Crippen molar-refractivity contribution in [3.63, 3.8) is 0 Å². The van der Waals surface area contributed by atoms with Gasteiger partial charge in [0, 0.05) is 38.3 Å². The lowest BCUT2D eigenvalue weighted by atomic mass is 10.0. The number of halogens is 2. The monoisotopic (exact) mass is 473 g/mol. The summed E-state index contributed by atoms with van der Waals surface area (Å²) in [6, 6.07) is 13.8. The average Bonchev–Trinajstić information content (AvgIpc) is 2.86. The van der Waals surface area contributed by atoms with Crippen LogP contribution in [-0.2, 0) is 13.1 Å². The molecular weight excluding hydrogens is 436 g/mol. The van der Waals surface area contributed by atoms with Gasteiger partial charge < -0.3 is 15.0 Å². The molecule has 34 heavy (non-hydrogen) atoms. The van der Waals surface area contributed by atoms with Crippen molar-refractivity contribution in [2.75, 3.05) is 26.4 Å². The number of nitrogens with one attached hydrogen (secondary N) is 1. The van der Waals surface area contributed by atoms with Crippen molar-refractivity contribution in [1.29, 1.82) is 0 Å². The normalized spacial score (nSPS) is 15.8. The van der Waals surface area contributed by atoms with Crippen LogP contribution in [0, 0.1) is 11.7 Å². The molecule has 7 heteroatoms. The fourth-order valence-electron chi connectivity index (χ4n) is 4.13. The quantitative estimate of drug-likeness (QED) is 0.503. The second-order valence-electron chi connectivity index (χ2n) is 9.53. The number of hydrogen-bond acceptors (Lipinski definition) is 3. The molecule has 1 saturated heterocycles. The summed E-state index contributed by atoms with van der Waals surface area (Å²) in [5, 5.41) is 3.04. The van der Waals surface area contributed by atoms with Crippen LogP contribution in [0.4, 0.5) is 13.6 Å². The van der Waals surface area contributed by atoms with E-state index < -0.39 is 0 Å².